The molecule has 0 fully saturated rings. The van der Waals surface area contributed by atoms with Gasteiger partial charge in [-0.3, -0.25) is 0 Å². The molecule has 13 heavy (non-hydrogen) atoms. The lowest BCUT2D eigenvalue weighted by Gasteiger charge is -1.92. The summed E-state index contributed by atoms with van der Waals surface area (Å²) in [6.07, 6.45) is 1.60. The molecule has 4 nitrogen and oxygen atoms in total. The van der Waals surface area contributed by atoms with Gasteiger partial charge in [-0.15, -0.1) is 5.10 Å². The number of rotatable bonds is 2. The quantitative estimate of drug-likeness (QED) is 0.393. The van der Waals surface area contributed by atoms with Crippen molar-refractivity contribution in [2.75, 3.05) is 0 Å². The van der Waals surface area contributed by atoms with Gasteiger partial charge in [-0.2, -0.15) is 5.10 Å². The normalized spacial score (nSPS) is 10.2. The molecule has 4 N–H and O–H groups in total. The Morgan fingerprint density at radius 2 is 2.15 bits per heavy atom. The summed E-state index contributed by atoms with van der Waals surface area (Å²) in [4.78, 5) is 0. The fourth-order valence-corrected chi connectivity index (χ4v) is 0.913. The Bertz CT molecular complexity index is 337. The highest BCUT2D eigenvalue weighted by Crippen LogP contribution is 2.00. The van der Waals surface area contributed by atoms with Crippen molar-refractivity contribution in [3.63, 3.8) is 0 Å². The van der Waals surface area contributed by atoms with E-state index in [9.17, 15) is 0 Å². The van der Waals surface area contributed by atoms with Gasteiger partial charge in [-0.25, -0.2) is 0 Å². The molecule has 0 unspecified atom stereocenters. The van der Waals surface area contributed by atoms with Crippen LogP contribution in [0.5, 0.6) is 0 Å². The molecular formula is C9H12N4. The van der Waals surface area contributed by atoms with E-state index in [1.54, 1.807) is 6.21 Å². The summed E-state index contributed by atoms with van der Waals surface area (Å²) in [5.74, 6) is -0.0381. The summed E-state index contributed by atoms with van der Waals surface area (Å²) >= 11 is 0. The number of nitrogens with two attached hydrogens (primary N) is 2. The molecule has 1 aromatic rings. The average Bonchev–Trinajstić information content (AvgIpc) is 2.03. The Morgan fingerprint density at radius 3 is 2.77 bits per heavy atom. The average molecular weight is 176 g/mol. The standard InChI is InChI=1S/C9H12N4/c1-7-3-2-4-8(5-7)6-12-13-9(10)11/h2-6H,1H3,(H4,10,11,13)/b12-6-. The largest absolute Gasteiger partial charge is 0.369 e. The number of aryl methyl sites for hydroxylation is 1. The second-order valence-electron chi connectivity index (χ2n) is 2.68. The first-order valence-corrected chi connectivity index (χ1v) is 3.87. The van der Waals surface area contributed by atoms with Gasteiger partial charge < -0.3 is 11.5 Å². The zero-order valence-corrected chi connectivity index (χ0v) is 7.44. The third-order valence-electron chi connectivity index (χ3n) is 1.42. The van der Waals surface area contributed by atoms with Gasteiger partial charge in [0.05, 0.1) is 6.21 Å². The van der Waals surface area contributed by atoms with E-state index in [0.717, 1.165) is 5.56 Å². The lowest BCUT2D eigenvalue weighted by atomic mass is 10.2. The first-order chi connectivity index (χ1) is 6.18. The van der Waals surface area contributed by atoms with E-state index >= 15 is 0 Å². The molecule has 0 saturated heterocycles. The number of guanidine groups is 1. The topological polar surface area (TPSA) is 76.8 Å². The smallest absolute Gasteiger partial charge is 0.211 e. The van der Waals surface area contributed by atoms with Gasteiger partial charge in [0.1, 0.15) is 0 Å². The van der Waals surface area contributed by atoms with Crippen molar-refractivity contribution >= 4 is 12.2 Å². The van der Waals surface area contributed by atoms with Crippen LogP contribution in [-0.4, -0.2) is 12.2 Å². The first-order valence-electron chi connectivity index (χ1n) is 3.87. The van der Waals surface area contributed by atoms with Crippen molar-refractivity contribution in [1.82, 2.24) is 0 Å². The van der Waals surface area contributed by atoms with Gasteiger partial charge >= 0.3 is 0 Å². The third kappa shape index (κ3) is 3.37. The van der Waals surface area contributed by atoms with E-state index in [2.05, 4.69) is 10.2 Å². The second kappa shape index (κ2) is 4.25. The molecule has 0 aromatic heterocycles. The van der Waals surface area contributed by atoms with Crippen molar-refractivity contribution in [3.05, 3.63) is 35.4 Å². The molecule has 0 aliphatic rings. The molecule has 68 valence electrons. The summed E-state index contributed by atoms with van der Waals surface area (Å²) in [6.45, 7) is 2.01. The van der Waals surface area contributed by atoms with Crippen LogP contribution in [-0.2, 0) is 0 Å². The lowest BCUT2D eigenvalue weighted by Crippen LogP contribution is -2.21. The van der Waals surface area contributed by atoms with Crippen LogP contribution in [0.4, 0.5) is 0 Å². The minimum Gasteiger partial charge on any atom is -0.369 e. The Balaban J connectivity index is 2.75. The molecule has 1 aromatic carbocycles. The van der Waals surface area contributed by atoms with Crippen LogP contribution in [0.15, 0.2) is 34.5 Å². The van der Waals surface area contributed by atoms with Crippen LogP contribution in [0, 0.1) is 6.92 Å². The molecule has 0 aliphatic heterocycles. The van der Waals surface area contributed by atoms with Gasteiger partial charge in [-0.1, -0.05) is 29.8 Å². The Morgan fingerprint density at radius 1 is 1.38 bits per heavy atom. The number of hydrogen-bond donors (Lipinski definition) is 2. The minimum atomic E-state index is -0.0381. The van der Waals surface area contributed by atoms with E-state index in [-0.39, 0.29) is 5.96 Å². The SMILES string of the molecule is Cc1cccc(/C=N\N=C(N)N)c1. The molecular weight excluding hydrogens is 164 g/mol. The van der Waals surface area contributed by atoms with E-state index in [1.807, 2.05) is 31.2 Å². The summed E-state index contributed by atoms with van der Waals surface area (Å²) in [7, 11) is 0. The van der Waals surface area contributed by atoms with E-state index in [0.29, 0.717) is 0 Å². The predicted molar refractivity (Wildman–Crippen MR) is 54.6 cm³/mol. The molecule has 0 heterocycles. The van der Waals surface area contributed by atoms with E-state index in [4.69, 9.17) is 11.5 Å². The fraction of sp³-hybridized carbons (Fsp3) is 0.111. The van der Waals surface area contributed by atoms with Crippen molar-refractivity contribution in [2.24, 2.45) is 21.7 Å². The highest BCUT2D eigenvalue weighted by atomic mass is 15.3. The second-order valence-corrected chi connectivity index (χ2v) is 2.68. The molecule has 0 bridgehead atoms. The van der Waals surface area contributed by atoms with Crippen LogP contribution in [0.1, 0.15) is 11.1 Å². The number of benzene rings is 1. The monoisotopic (exact) mass is 176 g/mol. The highest BCUT2D eigenvalue weighted by molar-refractivity contribution is 5.81. The Hall–Kier alpha value is -1.84. The maximum Gasteiger partial charge on any atom is 0.211 e. The number of nitrogens with zero attached hydrogens (tertiary/aromatic N) is 2. The van der Waals surface area contributed by atoms with Gasteiger partial charge in [0.25, 0.3) is 0 Å². The van der Waals surface area contributed by atoms with Gasteiger partial charge in [0.2, 0.25) is 5.96 Å². The van der Waals surface area contributed by atoms with Crippen LogP contribution in [0.3, 0.4) is 0 Å². The maximum absolute atomic E-state index is 5.10. The lowest BCUT2D eigenvalue weighted by molar-refractivity contribution is 1.21. The maximum atomic E-state index is 5.10. The van der Waals surface area contributed by atoms with Gasteiger partial charge in [0, 0.05) is 0 Å². The molecule has 0 amide bonds. The first kappa shape index (κ1) is 9.25. The Labute approximate surface area is 77.0 Å². The van der Waals surface area contributed by atoms with E-state index < -0.39 is 0 Å². The van der Waals surface area contributed by atoms with Crippen LogP contribution >= 0.6 is 0 Å². The van der Waals surface area contributed by atoms with Gasteiger partial charge in [0.15, 0.2) is 0 Å². The molecule has 0 aliphatic carbocycles. The molecule has 0 atom stereocenters. The molecule has 0 radical (unpaired) electrons. The van der Waals surface area contributed by atoms with Crippen molar-refractivity contribution in [2.45, 2.75) is 6.92 Å². The summed E-state index contributed by atoms with van der Waals surface area (Å²) in [6, 6.07) is 7.88. The van der Waals surface area contributed by atoms with Crippen molar-refractivity contribution < 1.29 is 0 Å². The molecule has 4 heteroatoms. The molecule has 0 spiro atoms. The zero-order chi connectivity index (χ0) is 9.68. The zero-order valence-electron chi connectivity index (χ0n) is 7.44. The summed E-state index contributed by atoms with van der Waals surface area (Å²) < 4.78 is 0. The predicted octanol–water partition coefficient (Wildman–Crippen LogP) is 0.602. The molecule has 0 saturated carbocycles. The minimum absolute atomic E-state index is 0.0381. The Kier molecular flexibility index (Phi) is 3.03. The van der Waals surface area contributed by atoms with Crippen molar-refractivity contribution in [3.8, 4) is 0 Å². The van der Waals surface area contributed by atoms with Crippen LogP contribution < -0.4 is 11.5 Å². The van der Waals surface area contributed by atoms with E-state index in [1.165, 1.54) is 5.56 Å². The van der Waals surface area contributed by atoms with Crippen LogP contribution in [0.2, 0.25) is 0 Å². The highest BCUT2D eigenvalue weighted by Gasteiger charge is 1.86. The molecule has 1 rings (SSSR count). The van der Waals surface area contributed by atoms with Crippen molar-refractivity contribution in [1.29, 1.82) is 0 Å². The van der Waals surface area contributed by atoms with Crippen LogP contribution in [0.25, 0.3) is 0 Å². The third-order valence-corrected chi connectivity index (χ3v) is 1.42. The summed E-state index contributed by atoms with van der Waals surface area (Å²) in [5.41, 5.74) is 12.4. The number of hydrogen-bond acceptors (Lipinski definition) is 2. The fourth-order valence-electron chi connectivity index (χ4n) is 0.913. The van der Waals surface area contributed by atoms with Gasteiger partial charge in [-0.05, 0) is 12.5 Å². The summed E-state index contributed by atoms with van der Waals surface area (Å²) in [5, 5.41) is 7.19.